The fourth-order valence-electron chi connectivity index (χ4n) is 1.37. The molecule has 2 heterocycles. The summed E-state index contributed by atoms with van der Waals surface area (Å²) in [4.78, 5) is 0. The zero-order valence-electron chi connectivity index (χ0n) is 7.73. The van der Waals surface area contributed by atoms with Gasteiger partial charge >= 0.3 is 0 Å². The summed E-state index contributed by atoms with van der Waals surface area (Å²) in [6.07, 6.45) is 2.02. The maximum atomic E-state index is 5.54. The molecule has 0 aromatic carbocycles. The predicted octanol–water partition coefficient (Wildman–Crippen LogP) is -0.0411. The van der Waals surface area contributed by atoms with Gasteiger partial charge in [0, 0.05) is 19.6 Å². The number of nitrogens with one attached hydrogen (secondary N) is 1. The van der Waals surface area contributed by atoms with Gasteiger partial charge in [-0.25, -0.2) is 0 Å². The number of hydrogen-bond donors (Lipinski definition) is 1. The largest absolute Gasteiger partial charge is 0.369 e. The number of morpholine rings is 1. The molecule has 1 atom stereocenters. The third-order valence-corrected chi connectivity index (χ3v) is 2.14. The highest BCUT2D eigenvalue weighted by Crippen LogP contribution is 2.14. The molecule has 13 heavy (non-hydrogen) atoms. The van der Waals surface area contributed by atoms with Crippen LogP contribution in [0.4, 0.5) is 0 Å². The van der Waals surface area contributed by atoms with E-state index in [2.05, 4.69) is 15.6 Å². The molecule has 0 amide bonds. The fraction of sp³-hybridized carbons (Fsp3) is 0.750. The molecule has 0 saturated carbocycles. The maximum absolute atomic E-state index is 5.54. The van der Waals surface area contributed by atoms with Gasteiger partial charge in [-0.2, -0.15) is 0 Å². The van der Waals surface area contributed by atoms with E-state index in [0.29, 0.717) is 0 Å². The van der Waals surface area contributed by atoms with Gasteiger partial charge in [0.05, 0.1) is 12.8 Å². The first-order valence-electron chi connectivity index (χ1n) is 4.62. The van der Waals surface area contributed by atoms with E-state index >= 15 is 0 Å². The molecule has 1 N–H and O–H groups in total. The molecule has 0 spiro atoms. The molecule has 1 aliphatic rings. The van der Waals surface area contributed by atoms with Crippen LogP contribution in [0.2, 0.25) is 0 Å². The lowest BCUT2D eigenvalue weighted by molar-refractivity contribution is 0.0249. The number of aromatic nitrogens is 3. The van der Waals surface area contributed by atoms with E-state index in [9.17, 15) is 0 Å². The summed E-state index contributed by atoms with van der Waals surface area (Å²) >= 11 is 0. The molecule has 5 heteroatoms. The van der Waals surface area contributed by atoms with Crippen molar-refractivity contribution in [1.82, 2.24) is 20.3 Å². The quantitative estimate of drug-likeness (QED) is 0.697. The van der Waals surface area contributed by atoms with Crippen LogP contribution in [0.1, 0.15) is 18.7 Å². The minimum atomic E-state index is 0.0778. The van der Waals surface area contributed by atoms with Gasteiger partial charge in [0.1, 0.15) is 11.8 Å². The van der Waals surface area contributed by atoms with Crippen LogP contribution in [0.5, 0.6) is 0 Å². The second-order valence-electron chi connectivity index (χ2n) is 3.06. The molecule has 5 nitrogen and oxygen atoms in total. The van der Waals surface area contributed by atoms with Gasteiger partial charge in [-0.3, -0.25) is 4.68 Å². The Morgan fingerprint density at radius 2 is 2.69 bits per heavy atom. The SMILES string of the molecule is CCn1cc(C2CNCCO2)nn1. The first-order valence-corrected chi connectivity index (χ1v) is 4.62. The van der Waals surface area contributed by atoms with Gasteiger partial charge in [-0.1, -0.05) is 5.21 Å². The van der Waals surface area contributed by atoms with E-state index in [1.54, 1.807) is 0 Å². The zero-order valence-corrected chi connectivity index (χ0v) is 7.73. The molecule has 1 aromatic heterocycles. The Balaban J connectivity index is 2.05. The van der Waals surface area contributed by atoms with Crippen molar-refractivity contribution >= 4 is 0 Å². The molecule has 1 aromatic rings. The van der Waals surface area contributed by atoms with Crippen molar-refractivity contribution in [2.75, 3.05) is 19.7 Å². The highest BCUT2D eigenvalue weighted by molar-refractivity contribution is 4.99. The van der Waals surface area contributed by atoms with Crippen LogP contribution in [0.25, 0.3) is 0 Å². The van der Waals surface area contributed by atoms with Crippen molar-refractivity contribution in [3.63, 3.8) is 0 Å². The molecule has 1 fully saturated rings. The normalized spacial score (nSPS) is 23.3. The summed E-state index contributed by atoms with van der Waals surface area (Å²) in [6.45, 7) is 5.41. The van der Waals surface area contributed by atoms with Gasteiger partial charge in [-0.15, -0.1) is 5.10 Å². The average Bonchev–Trinajstić information content (AvgIpc) is 2.67. The second kappa shape index (κ2) is 3.85. The summed E-state index contributed by atoms with van der Waals surface area (Å²) in [5.74, 6) is 0. The Morgan fingerprint density at radius 3 is 3.31 bits per heavy atom. The van der Waals surface area contributed by atoms with Crippen LogP contribution in [0.3, 0.4) is 0 Å². The van der Waals surface area contributed by atoms with Crippen molar-refractivity contribution in [1.29, 1.82) is 0 Å². The number of aryl methyl sites for hydroxylation is 1. The lowest BCUT2D eigenvalue weighted by Gasteiger charge is -2.21. The van der Waals surface area contributed by atoms with E-state index in [1.807, 2.05) is 17.8 Å². The van der Waals surface area contributed by atoms with Crippen LogP contribution in [-0.2, 0) is 11.3 Å². The van der Waals surface area contributed by atoms with Crippen LogP contribution in [-0.4, -0.2) is 34.7 Å². The number of hydrogen-bond acceptors (Lipinski definition) is 4. The Morgan fingerprint density at radius 1 is 1.77 bits per heavy atom. The lowest BCUT2D eigenvalue weighted by Crippen LogP contribution is -2.33. The van der Waals surface area contributed by atoms with E-state index < -0.39 is 0 Å². The summed E-state index contributed by atoms with van der Waals surface area (Å²) < 4.78 is 7.36. The first kappa shape index (κ1) is 8.65. The van der Waals surface area contributed by atoms with Crippen molar-refractivity contribution in [3.8, 4) is 0 Å². The third-order valence-electron chi connectivity index (χ3n) is 2.14. The van der Waals surface area contributed by atoms with Gasteiger partial charge in [-0.05, 0) is 6.92 Å². The average molecular weight is 182 g/mol. The number of ether oxygens (including phenoxy) is 1. The topological polar surface area (TPSA) is 52.0 Å². The van der Waals surface area contributed by atoms with Crippen LogP contribution in [0, 0.1) is 0 Å². The Bertz CT molecular complexity index is 267. The Hall–Kier alpha value is -0.940. The summed E-state index contributed by atoms with van der Waals surface area (Å²) in [5.41, 5.74) is 0.925. The molecule has 1 unspecified atom stereocenters. The van der Waals surface area contributed by atoms with Crippen LogP contribution < -0.4 is 5.32 Å². The molecule has 2 rings (SSSR count). The number of rotatable bonds is 2. The molecule has 72 valence electrons. The Kier molecular flexibility index (Phi) is 2.56. The molecular formula is C8H14N4O. The van der Waals surface area contributed by atoms with Gasteiger partial charge < -0.3 is 10.1 Å². The molecule has 0 aliphatic carbocycles. The van der Waals surface area contributed by atoms with E-state index in [1.165, 1.54) is 0 Å². The van der Waals surface area contributed by atoms with Crippen molar-refractivity contribution in [2.45, 2.75) is 19.6 Å². The fourth-order valence-corrected chi connectivity index (χ4v) is 1.37. The first-order chi connectivity index (χ1) is 6.40. The molecular weight excluding hydrogens is 168 g/mol. The minimum Gasteiger partial charge on any atom is -0.369 e. The monoisotopic (exact) mass is 182 g/mol. The van der Waals surface area contributed by atoms with E-state index in [-0.39, 0.29) is 6.10 Å². The van der Waals surface area contributed by atoms with Crippen molar-refractivity contribution in [3.05, 3.63) is 11.9 Å². The highest BCUT2D eigenvalue weighted by Gasteiger charge is 2.18. The molecule has 1 aliphatic heterocycles. The smallest absolute Gasteiger partial charge is 0.115 e. The third kappa shape index (κ3) is 1.87. The predicted molar refractivity (Wildman–Crippen MR) is 47.3 cm³/mol. The molecule has 0 bridgehead atoms. The number of nitrogens with zero attached hydrogens (tertiary/aromatic N) is 3. The van der Waals surface area contributed by atoms with Gasteiger partial charge in [0.15, 0.2) is 0 Å². The summed E-state index contributed by atoms with van der Waals surface area (Å²) in [5, 5.41) is 11.3. The van der Waals surface area contributed by atoms with Crippen molar-refractivity contribution in [2.24, 2.45) is 0 Å². The standard InChI is InChI=1S/C8H14N4O/c1-2-12-6-7(10-11-12)8-5-9-3-4-13-8/h6,8-9H,2-5H2,1H3. The summed E-state index contributed by atoms with van der Waals surface area (Å²) in [6, 6.07) is 0. The highest BCUT2D eigenvalue weighted by atomic mass is 16.5. The van der Waals surface area contributed by atoms with Gasteiger partial charge in [0.25, 0.3) is 0 Å². The Labute approximate surface area is 77.1 Å². The van der Waals surface area contributed by atoms with Crippen molar-refractivity contribution < 1.29 is 4.74 Å². The van der Waals surface area contributed by atoms with E-state index in [4.69, 9.17) is 4.74 Å². The van der Waals surface area contributed by atoms with Gasteiger partial charge in [0.2, 0.25) is 0 Å². The second-order valence-corrected chi connectivity index (χ2v) is 3.06. The molecule has 0 radical (unpaired) electrons. The zero-order chi connectivity index (χ0) is 9.10. The molecule has 1 saturated heterocycles. The van der Waals surface area contributed by atoms with Crippen LogP contribution in [0.15, 0.2) is 6.20 Å². The summed E-state index contributed by atoms with van der Waals surface area (Å²) in [7, 11) is 0. The lowest BCUT2D eigenvalue weighted by atomic mass is 10.2. The maximum Gasteiger partial charge on any atom is 0.115 e. The van der Waals surface area contributed by atoms with E-state index in [0.717, 1.165) is 31.9 Å². The minimum absolute atomic E-state index is 0.0778. The van der Waals surface area contributed by atoms with Crippen LogP contribution >= 0.6 is 0 Å².